The molecule has 0 aliphatic carbocycles. The van der Waals surface area contributed by atoms with E-state index in [1.165, 1.54) is 108 Å². The summed E-state index contributed by atoms with van der Waals surface area (Å²) in [6, 6.07) is 165. The van der Waals surface area contributed by atoms with E-state index < -0.39 is 0 Å². The molecule has 33 aromatic rings. The topological polar surface area (TPSA) is 170 Å². The largest absolute Gasteiger partial charge is 0.456 e. The third-order valence-corrected chi connectivity index (χ3v) is 30.0. The number of para-hydroxylation sites is 1. The fraction of sp³-hybridized carbons (Fsp3) is 0. The molecular weight excluding hydrogens is 1840 g/mol. The van der Waals surface area contributed by atoms with Gasteiger partial charge in [-0.05, 0) is 186 Å². The highest BCUT2D eigenvalue weighted by molar-refractivity contribution is 6.42. The number of hydrogen-bond donors (Lipinski definition) is 0. The van der Waals surface area contributed by atoms with Gasteiger partial charge in [0, 0.05) is 126 Å². The average Bonchev–Trinajstić information content (AvgIpc) is 1.54. The van der Waals surface area contributed by atoms with Crippen molar-refractivity contribution in [3.63, 3.8) is 0 Å². The molecule has 9 heterocycles. The number of rotatable bonds is 12. The molecule has 15 nitrogen and oxygen atoms in total. The first kappa shape index (κ1) is 84.0. The highest BCUT2D eigenvalue weighted by Crippen LogP contribution is 2.53. The van der Waals surface area contributed by atoms with Gasteiger partial charge in [0.25, 0.3) is 0 Å². The maximum absolute atomic E-state index is 6.57. The number of aromatic nitrogens is 12. The van der Waals surface area contributed by atoms with Gasteiger partial charge in [0.1, 0.15) is 33.5 Å². The smallest absolute Gasteiger partial charge is 0.166 e. The van der Waals surface area contributed by atoms with Gasteiger partial charge in [-0.25, -0.2) is 44.9 Å². The van der Waals surface area contributed by atoms with E-state index in [0.717, 1.165) is 155 Å². The Balaban J connectivity index is 0.000000101. The minimum Gasteiger partial charge on any atom is -0.456 e. The van der Waals surface area contributed by atoms with Crippen LogP contribution >= 0.6 is 0 Å². The molecule has 0 saturated heterocycles. The summed E-state index contributed by atoms with van der Waals surface area (Å²) in [5.74, 6) is 5.73. The van der Waals surface area contributed by atoms with E-state index in [1.807, 2.05) is 182 Å². The lowest BCUT2D eigenvalue weighted by Gasteiger charge is -2.14. The van der Waals surface area contributed by atoms with Crippen molar-refractivity contribution in [3.8, 4) is 120 Å². The molecule has 0 bridgehead atoms. The molecule has 0 spiro atoms. The summed E-state index contributed by atoms with van der Waals surface area (Å²) >= 11 is 0. The minimum atomic E-state index is 0.617. The van der Waals surface area contributed by atoms with Crippen molar-refractivity contribution < 1.29 is 13.3 Å². The monoisotopic (exact) mass is 1910 g/mol. The van der Waals surface area contributed by atoms with Gasteiger partial charge in [0.15, 0.2) is 52.4 Å². The second-order valence-electron chi connectivity index (χ2n) is 38.3. The van der Waals surface area contributed by atoms with Crippen LogP contribution in [0.15, 0.2) is 486 Å². The van der Waals surface area contributed by atoms with Gasteiger partial charge in [-0.15, -0.1) is 0 Å². The molecule has 0 N–H and O–H groups in total. The van der Waals surface area contributed by atoms with Crippen LogP contribution in [0.5, 0.6) is 0 Å². The van der Waals surface area contributed by atoms with Gasteiger partial charge in [0.05, 0.1) is 38.8 Å². The average molecular weight is 1920 g/mol. The lowest BCUT2D eigenvalue weighted by Crippen LogP contribution is -2.03. The van der Waals surface area contributed by atoms with E-state index >= 15 is 0 Å². The van der Waals surface area contributed by atoms with Crippen molar-refractivity contribution in [1.29, 1.82) is 0 Å². The van der Waals surface area contributed by atoms with Crippen LogP contribution in [0.1, 0.15) is 0 Å². The standard InChI is InChI=1S/3C45H26N4O/c1-3-12-27(13-4-1)43-46-44(28-14-5-2-6-15-28)48-45(47-43)29-16-9-17-30(26-29)49-35-22-10-20-33-31-18-7-8-19-32(31)34-21-11-23-37-40(34)42-38(50-37)25-24-36(49)41(42)39(33)35;1-3-11-27(12-4-1)43-46-44(28-13-5-2-6-14-28)48-45(47-43)29-21-23-30(24-22-29)49-35-19-9-17-33-31-15-7-8-16-32(31)34-18-10-20-37-40(34)42-38(50-37)26-25-36(49)41(42)39(33)35;1-3-13-27(14-4-1)43-46-44(28-15-5-2-6-16-28)48-45(47-43)33-19-9-10-22-34(33)49-35-23-11-20-31-29-17-7-8-18-30(29)32-21-12-24-37-40(32)42-38(50-37)26-25-36(49)41(42)39(31)35/h3*1-26H. The molecule has 0 saturated carbocycles. The van der Waals surface area contributed by atoms with Crippen LogP contribution < -0.4 is 0 Å². The molecule has 33 rings (SSSR count). The van der Waals surface area contributed by atoms with Crippen molar-refractivity contribution in [3.05, 3.63) is 473 Å². The van der Waals surface area contributed by atoms with Crippen molar-refractivity contribution in [1.82, 2.24) is 58.6 Å². The van der Waals surface area contributed by atoms with Crippen LogP contribution in [0.25, 0.3) is 315 Å². The fourth-order valence-electron chi connectivity index (χ4n) is 23.6. The molecule has 24 aromatic carbocycles. The maximum Gasteiger partial charge on any atom is 0.166 e. The summed E-state index contributed by atoms with van der Waals surface area (Å²) < 4.78 is 26.8. The van der Waals surface area contributed by atoms with Gasteiger partial charge in [-0.1, -0.05) is 352 Å². The molecular formula is C135H78N12O3. The summed E-state index contributed by atoms with van der Waals surface area (Å²) in [5, 5.41) is 28.7. The van der Waals surface area contributed by atoms with Crippen LogP contribution in [0.4, 0.5) is 0 Å². The zero-order chi connectivity index (χ0) is 98.3. The molecule has 0 amide bonds. The van der Waals surface area contributed by atoms with Crippen molar-refractivity contribution in [2.24, 2.45) is 0 Å². The SMILES string of the molecule is c1ccc(-c2nc(-c3ccccc3)nc(-c3ccc(-n4c5cccc6c7ccccc7c7cccc8oc9ccc4c(c9c87)c65)cc3)n2)cc1.c1ccc(-c2nc(-c3ccccc3)nc(-c3cccc(-n4c5cccc6c7ccccc7c7cccc8oc9ccc4c(c9c87)c65)c3)n2)cc1.c1ccc(-c2nc(-c3ccccc3)nc(-c3ccccc3-n3c4cccc5c6ccccc6c6cccc7oc8ccc3c(c8c76)c54)n2)cc1. The summed E-state index contributed by atoms with van der Waals surface area (Å²) in [4.78, 5) is 45.0. The highest BCUT2D eigenvalue weighted by Gasteiger charge is 2.31. The van der Waals surface area contributed by atoms with Gasteiger partial charge in [-0.3, -0.25) is 0 Å². The van der Waals surface area contributed by atoms with Crippen molar-refractivity contribution in [2.75, 3.05) is 0 Å². The third kappa shape index (κ3) is 13.1. The van der Waals surface area contributed by atoms with E-state index in [9.17, 15) is 0 Å². The zero-order valence-corrected chi connectivity index (χ0v) is 80.1. The Labute approximate surface area is 854 Å². The molecule has 9 aromatic heterocycles. The predicted octanol–water partition coefficient (Wildman–Crippen LogP) is 34.8. The second kappa shape index (κ2) is 33.5. The Bertz CT molecular complexity index is 11100. The molecule has 696 valence electrons. The van der Waals surface area contributed by atoms with E-state index in [-0.39, 0.29) is 0 Å². The molecule has 0 radical (unpaired) electrons. The van der Waals surface area contributed by atoms with Gasteiger partial charge in [0.2, 0.25) is 0 Å². The number of benzene rings is 21. The lowest BCUT2D eigenvalue weighted by molar-refractivity contribution is 0.669. The fourth-order valence-corrected chi connectivity index (χ4v) is 23.6. The Morgan fingerprint density at radius 3 is 0.707 bits per heavy atom. The quantitative estimate of drug-likeness (QED) is 0.114. The van der Waals surface area contributed by atoms with Crippen molar-refractivity contribution >= 4 is 196 Å². The van der Waals surface area contributed by atoms with E-state index in [2.05, 4.69) is 305 Å². The van der Waals surface area contributed by atoms with Crippen LogP contribution in [0.2, 0.25) is 0 Å². The Kier molecular flexibility index (Phi) is 18.8. The number of hydrogen-bond acceptors (Lipinski definition) is 12. The van der Waals surface area contributed by atoms with Crippen LogP contribution in [-0.4, -0.2) is 58.6 Å². The van der Waals surface area contributed by atoms with Crippen LogP contribution in [0, 0.1) is 0 Å². The second-order valence-corrected chi connectivity index (χ2v) is 38.3. The first-order chi connectivity index (χ1) is 74.4. The maximum atomic E-state index is 6.57. The molecule has 0 fully saturated rings. The van der Waals surface area contributed by atoms with Crippen molar-refractivity contribution in [2.45, 2.75) is 0 Å². The third-order valence-electron chi connectivity index (χ3n) is 30.0. The van der Waals surface area contributed by atoms with Crippen LogP contribution in [-0.2, 0) is 0 Å². The van der Waals surface area contributed by atoms with E-state index in [1.54, 1.807) is 0 Å². The minimum absolute atomic E-state index is 0.617. The molecule has 15 heteroatoms. The first-order valence-corrected chi connectivity index (χ1v) is 50.4. The van der Waals surface area contributed by atoms with E-state index in [4.69, 9.17) is 58.1 Å². The molecule has 0 aliphatic heterocycles. The Morgan fingerprint density at radius 1 is 0.133 bits per heavy atom. The number of fused-ring (bicyclic) bond motifs is 9. The molecule has 0 unspecified atom stereocenters. The highest BCUT2D eigenvalue weighted by atomic mass is 16.3. The number of nitrogens with zero attached hydrogens (tertiary/aromatic N) is 12. The molecule has 0 aliphatic rings. The molecule has 150 heavy (non-hydrogen) atoms. The van der Waals surface area contributed by atoms with Gasteiger partial charge >= 0.3 is 0 Å². The van der Waals surface area contributed by atoms with Gasteiger partial charge in [-0.2, -0.15) is 0 Å². The van der Waals surface area contributed by atoms with Gasteiger partial charge < -0.3 is 27.0 Å². The Morgan fingerprint density at radius 2 is 0.367 bits per heavy atom. The first-order valence-electron chi connectivity index (χ1n) is 50.4. The predicted molar refractivity (Wildman–Crippen MR) is 612 cm³/mol. The normalized spacial score (nSPS) is 12.0. The van der Waals surface area contributed by atoms with E-state index in [0.29, 0.717) is 52.4 Å². The number of furan rings is 3. The summed E-state index contributed by atoms with van der Waals surface area (Å²) in [7, 11) is 0. The zero-order valence-electron chi connectivity index (χ0n) is 80.1. The summed E-state index contributed by atoms with van der Waals surface area (Å²) in [6.45, 7) is 0. The molecule has 0 atom stereocenters. The van der Waals surface area contributed by atoms with Crippen LogP contribution in [0.3, 0.4) is 0 Å². The Hall–Kier alpha value is -20.6. The lowest BCUT2D eigenvalue weighted by atomic mass is 9.95. The summed E-state index contributed by atoms with van der Waals surface area (Å²) in [6.07, 6.45) is 0. The summed E-state index contributed by atoms with van der Waals surface area (Å²) in [5.41, 5.74) is 23.7.